The molecule has 0 saturated carbocycles. The van der Waals surface area contributed by atoms with Crippen molar-refractivity contribution in [3.8, 4) is 11.3 Å². The van der Waals surface area contributed by atoms with Crippen molar-refractivity contribution in [3.63, 3.8) is 0 Å². The summed E-state index contributed by atoms with van der Waals surface area (Å²) in [5.41, 5.74) is 2.48. The summed E-state index contributed by atoms with van der Waals surface area (Å²) < 4.78 is 7.17. The molecule has 1 saturated heterocycles. The zero-order chi connectivity index (χ0) is 15.8. The number of aromatic nitrogens is 6. The van der Waals surface area contributed by atoms with Crippen LogP contribution in [-0.2, 0) is 11.8 Å². The highest BCUT2D eigenvalue weighted by Crippen LogP contribution is 2.27. The van der Waals surface area contributed by atoms with E-state index in [1.165, 1.54) is 0 Å². The summed E-state index contributed by atoms with van der Waals surface area (Å²) in [7, 11) is 1.88. The van der Waals surface area contributed by atoms with Crippen LogP contribution in [0, 0.1) is 6.92 Å². The van der Waals surface area contributed by atoms with Crippen LogP contribution in [0.1, 0.15) is 5.82 Å². The van der Waals surface area contributed by atoms with Gasteiger partial charge >= 0.3 is 0 Å². The van der Waals surface area contributed by atoms with Gasteiger partial charge in [-0.05, 0) is 6.92 Å². The van der Waals surface area contributed by atoms with Gasteiger partial charge < -0.3 is 9.64 Å². The third kappa shape index (κ3) is 2.50. The van der Waals surface area contributed by atoms with Gasteiger partial charge in [-0.15, -0.1) is 0 Å². The highest BCUT2D eigenvalue weighted by atomic mass is 16.5. The van der Waals surface area contributed by atoms with Gasteiger partial charge in [0.1, 0.15) is 5.82 Å². The molecule has 0 aliphatic carbocycles. The molecule has 118 valence electrons. The van der Waals surface area contributed by atoms with Crippen molar-refractivity contribution in [2.24, 2.45) is 7.05 Å². The van der Waals surface area contributed by atoms with Crippen LogP contribution in [-0.4, -0.2) is 56.0 Å². The molecular weight excluding hydrogens is 294 g/mol. The quantitative estimate of drug-likeness (QED) is 0.697. The normalized spacial score (nSPS) is 15.3. The van der Waals surface area contributed by atoms with Gasteiger partial charge in [-0.3, -0.25) is 4.68 Å². The number of hydrogen-bond donors (Lipinski definition) is 0. The van der Waals surface area contributed by atoms with Gasteiger partial charge in [-0.25, -0.2) is 15.0 Å². The molecule has 4 rings (SSSR count). The van der Waals surface area contributed by atoms with Crippen LogP contribution < -0.4 is 4.90 Å². The fourth-order valence-electron chi connectivity index (χ4n) is 2.65. The maximum Gasteiger partial charge on any atom is 0.228 e. The Hall–Kier alpha value is -2.61. The number of nitrogens with zero attached hydrogens (tertiary/aromatic N) is 7. The number of morpholine rings is 1. The van der Waals surface area contributed by atoms with E-state index in [0.717, 1.165) is 41.2 Å². The summed E-state index contributed by atoms with van der Waals surface area (Å²) in [5.74, 6) is 1.43. The van der Waals surface area contributed by atoms with E-state index in [9.17, 15) is 0 Å². The monoisotopic (exact) mass is 311 g/mol. The van der Waals surface area contributed by atoms with Crippen molar-refractivity contribution in [3.05, 3.63) is 24.4 Å². The Morgan fingerprint density at radius 1 is 1.04 bits per heavy atom. The van der Waals surface area contributed by atoms with Gasteiger partial charge in [0.25, 0.3) is 0 Å². The van der Waals surface area contributed by atoms with Crippen LogP contribution in [0.4, 0.5) is 5.95 Å². The molecule has 0 bridgehead atoms. The molecule has 1 aliphatic heterocycles. The van der Waals surface area contributed by atoms with Crippen molar-refractivity contribution in [1.82, 2.24) is 29.7 Å². The zero-order valence-corrected chi connectivity index (χ0v) is 13.1. The molecule has 8 nitrogen and oxygen atoms in total. The Bertz CT molecular complexity index is 837. The lowest BCUT2D eigenvalue weighted by molar-refractivity contribution is 0.122. The summed E-state index contributed by atoms with van der Waals surface area (Å²) in [6.45, 7) is 4.81. The van der Waals surface area contributed by atoms with Crippen molar-refractivity contribution in [1.29, 1.82) is 0 Å². The van der Waals surface area contributed by atoms with E-state index in [1.807, 2.05) is 14.0 Å². The second-order valence-corrected chi connectivity index (χ2v) is 5.50. The van der Waals surface area contributed by atoms with Crippen LogP contribution >= 0.6 is 0 Å². The van der Waals surface area contributed by atoms with Gasteiger partial charge in [0.2, 0.25) is 5.95 Å². The summed E-state index contributed by atoms with van der Waals surface area (Å²) in [4.78, 5) is 20.1. The number of ether oxygens (including phenoxy) is 1. The molecule has 3 aromatic rings. The first-order chi connectivity index (χ1) is 11.2. The van der Waals surface area contributed by atoms with Crippen LogP contribution in [0.15, 0.2) is 18.6 Å². The SMILES string of the molecule is Cc1ncc(-c2nc(N3CCOCC3)nc3c2cnn3C)cn1. The fourth-order valence-corrected chi connectivity index (χ4v) is 2.65. The van der Waals surface area contributed by atoms with E-state index in [4.69, 9.17) is 9.72 Å². The molecule has 0 amide bonds. The Morgan fingerprint density at radius 2 is 1.78 bits per heavy atom. The zero-order valence-electron chi connectivity index (χ0n) is 13.1. The Balaban J connectivity index is 1.89. The average Bonchev–Trinajstić information content (AvgIpc) is 2.97. The molecule has 0 aromatic carbocycles. The van der Waals surface area contributed by atoms with E-state index in [2.05, 4.69) is 25.0 Å². The summed E-state index contributed by atoms with van der Waals surface area (Å²) in [6.07, 6.45) is 5.37. The second-order valence-electron chi connectivity index (χ2n) is 5.50. The topological polar surface area (TPSA) is 81.9 Å². The third-order valence-corrected chi connectivity index (χ3v) is 3.93. The Morgan fingerprint density at radius 3 is 2.52 bits per heavy atom. The Kier molecular flexibility index (Phi) is 3.38. The van der Waals surface area contributed by atoms with E-state index < -0.39 is 0 Å². The molecule has 3 aromatic heterocycles. The van der Waals surface area contributed by atoms with Crippen molar-refractivity contribution >= 4 is 17.0 Å². The number of rotatable bonds is 2. The molecule has 8 heteroatoms. The number of aryl methyl sites for hydroxylation is 2. The molecule has 23 heavy (non-hydrogen) atoms. The van der Waals surface area contributed by atoms with Crippen LogP contribution in [0.3, 0.4) is 0 Å². The molecule has 4 heterocycles. The highest BCUT2D eigenvalue weighted by molar-refractivity contribution is 5.90. The molecule has 0 atom stereocenters. The van der Waals surface area contributed by atoms with Gasteiger partial charge in [0, 0.05) is 38.1 Å². The average molecular weight is 311 g/mol. The van der Waals surface area contributed by atoms with E-state index in [1.54, 1.807) is 23.3 Å². The molecule has 1 aliphatic rings. The largest absolute Gasteiger partial charge is 0.378 e. The predicted molar refractivity (Wildman–Crippen MR) is 85.1 cm³/mol. The molecule has 1 fully saturated rings. The van der Waals surface area contributed by atoms with Crippen LogP contribution in [0.25, 0.3) is 22.3 Å². The number of hydrogen-bond acceptors (Lipinski definition) is 7. The summed E-state index contributed by atoms with van der Waals surface area (Å²) >= 11 is 0. The standard InChI is InChI=1S/C15H17N7O/c1-10-16-7-11(8-17-10)13-12-9-18-21(2)14(12)20-15(19-13)22-3-5-23-6-4-22/h7-9H,3-6H2,1-2H3. The molecular formula is C15H17N7O. The Labute approximate surface area is 133 Å². The smallest absolute Gasteiger partial charge is 0.228 e. The maximum atomic E-state index is 5.41. The summed E-state index contributed by atoms with van der Waals surface area (Å²) in [5, 5.41) is 5.22. The van der Waals surface area contributed by atoms with E-state index in [-0.39, 0.29) is 0 Å². The minimum atomic E-state index is 0.690. The number of anilines is 1. The number of fused-ring (bicyclic) bond motifs is 1. The lowest BCUT2D eigenvalue weighted by Gasteiger charge is -2.27. The van der Waals surface area contributed by atoms with Gasteiger partial charge in [0.15, 0.2) is 5.65 Å². The van der Waals surface area contributed by atoms with Gasteiger partial charge in [-0.1, -0.05) is 0 Å². The highest BCUT2D eigenvalue weighted by Gasteiger charge is 2.19. The molecule has 0 spiro atoms. The van der Waals surface area contributed by atoms with Gasteiger partial charge in [0.05, 0.1) is 30.5 Å². The van der Waals surface area contributed by atoms with Crippen LogP contribution in [0.2, 0.25) is 0 Å². The minimum absolute atomic E-state index is 0.690. The second kappa shape index (κ2) is 5.54. The van der Waals surface area contributed by atoms with Crippen molar-refractivity contribution < 1.29 is 4.74 Å². The van der Waals surface area contributed by atoms with Crippen LogP contribution in [0.5, 0.6) is 0 Å². The first-order valence-electron chi connectivity index (χ1n) is 7.54. The minimum Gasteiger partial charge on any atom is -0.378 e. The van der Waals surface area contributed by atoms with Gasteiger partial charge in [-0.2, -0.15) is 10.1 Å². The predicted octanol–water partition coefficient (Wildman–Crippen LogP) is 0.965. The molecule has 0 N–H and O–H groups in total. The molecule has 0 radical (unpaired) electrons. The third-order valence-electron chi connectivity index (χ3n) is 3.93. The lowest BCUT2D eigenvalue weighted by atomic mass is 10.2. The van der Waals surface area contributed by atoms with E-state index >= 15 is 0 Å². The maximum absolute atomic E-state index is 5.41. The lowest BCUT2D eigenvalue weighted by Crippen LogP contribution is -2.37. The fraction of sp³-hybridized carbons (Fsp3) is 0.400. The summed E-state index contributed by atoms with van der Waals surface area (Å²) in [6, 6.07) is 0. The van der Waals surface area contributed by atoms with Crippen molar-refractivity contribution in [2.45, 2.75) is 6.92 Å². The first-order valence-corrected chi connectivity index (χ1v) is 7.54. The van der Waals surface area contributed by atoms with E-state index in [0.29, 0.717) is 19.2 Å². The molecule has 0 unspecified atom stereocenters. The van der Waals surface area contributed by atoms with Crippen molar-refractivity contribution in [2.75, 3.05) is 31.2 Å². The first kappa shape index (κ1) is 14.0.